The average molecular weight is 273 g/mol. The molecule has 0 aliphatic carbocycles. The lowest BCUT2D eigenvalue weighted by Crippen LogP contribution is -2.45. The Balaban J connectivity index is 2.16. The van der Waals surface area contributed by atoms with Gasteiger partial charge in [0, 0.05) is 29.4 Å². The first-order chi connectivity index (χ1) is 8.11. The van der Waals surface area contributed by atoms with Crippen molar-refractivity contribution < 1.29 is 0 Å². The monoisotopic (exact) mass is 272 g/mol. The van der Waals surface area contributed by atoms with Gasteiger partial charge in [-0.2, -0.15) is 0 Å². The van der Waals surface area contributed by atoms with Gasteiger partial charge in [0.05, 0.1) is 11.1 Å². The molecule has 3 atom stereocenters. The maximum absolute atomic E-state index is 6.02. The summed E-state index contributed by atoms with van der Waals surface area (Å²) in [5, 5.41) is 2.83. The van der Waals surface area contributed by atoms with Crippen LogP contribution < -0.4 is 5.73 Å². The molecule has 2 nitrogen and oxygen atoms in total. The average Bonchev–Trinajstić information content (AvgIpc) is 2.71. The molecule has 0 spiro atoms. The molecule has 3 unspecified atom stereocenters. The van der Waals surface area contributed by atoms with Crippen molar-refractivity contribution in [3.63, 3.8) is 0 Å². The zero-order chi connectivity index (χ0) is 12.4. The normalized spacial score (nSPS) is 28.2. The van der Waals surface area contributed by atoms with E-state index >= 15 is 0 Å². The maximum atomic E-state index is 6.02. The summed E-state index contributed by atoms with van der Waals surface area (Å²) in [6.07, 6.45) is 2.61. The van der Waals surface area contributed by atoms with Gasteiger partial charge in [0.2, 0.25) is 0 Å². The predicted molar refractivity (Wildman–Crippen MR) is 75.7 cm³/mol. The highest BCUT2D eigenvalue weighted by Gasteiger charge is 2.29. The molecule has 17 heavy (non-hydrogen) atoms. The molecule has 0 bridgehead atoms. The lowest BCUT2D eigenvalue weighted by molar-refractivity contribution is 0.0814. The van der Waals surface area contributed by atoms with Gasteiger partial charge >= 0.3 is 0 Å². The third kappa shape index (κ3) is 3.02. The van der Waals surface area contributed by atoms with Crippen LogP contribution in [0.15, 0.2) is 11.4 Å². The summed E-state index contributed by atoms with van der Waals surface area (Å²) in [4.78, 5) is 3.86. The lowest BCUT2D eigenvalue weighted by Gasteiger charge is -2.41. The van der Waals surface area contributed by atoms with Crippen molar-refractivity contribution in [2.24, 2.45) is 11.7 Å². The van der Waals surface area contributed by atoms with E-state index in [2.05, 4.69) is 24.8 Å². The van der Waals surface area contributed by atoms with Gasteiger partial charge in [-0.1, -0.05) is 18.5 Å². The quantitative estimate of drug-likeness (QED) is 0.912. The van der Waals surface area contributed by atoms with E-state index in [1.165, 1.54) is 17.7 Å². The molecule has 96 valence electrons. The summed E-state index contributed by atoms with van der Waals surface area (Å²) >= 11 is 7.74. The van der Waals surface area contributed by atoms with Gasteiger partial charge < -0.3 is 5.73 Å². The zero-order valence-corrected chi connectivity index (χ0v) is 12.1. The van der Waals surface area contributed by atoms with Crippen molar-refractivity contribution in [2.45, 2.75) is 38.8 Å². The van der Waals surface area contributed by atoms with E-state index in [-0.39, 0.29) is 0 Å². The van der Waals surface area contributed by atoms with E-state index in [0.717, 1.165) is 17.5 Å². The minimum atomic E-state index is 0.338. The molecule has 1 fully saturated rings. The van der Waals surface area contributed by atoms with Gasteiger partial charge in [0.25, 0.3) is 0 Å². The standard InChI is InChI=1S/C13H21ClN2S/c1-9-3-4-10(2)16(7-9)12(6-15)13-5-11(14)8-17-13/h5,8-10,12H,3-4,6-7,15H2,1-2H3. The van der Waals surface area contributed by atoms with E-state index in [1.54, 1.807) is 11.3 Å². The van der Waals surface area contributed by atoms with Crippen LogP contribution in [0.2, 0.25) is 5.02 Å². The van der Waals surface area contributed by atoms with Crippen LogP contribution in [0.5, 0.6) is 0 Å². The summed E-state index contributed by atoms with van der Waals surface area (Å²) < 4.78 is 0. The van der Waals surface area contributed by atoms with Gasteiger partial charge in [0.15, 0.2) is 0 Å². The second kappa shape index (κ2) is 5.70. The fraction of sp³-hybridized carbons (Fsp3) is 0.692. The van der Waals surface area contributed by atoms with Crippen LogP contribution in [0.1, 0.15) is 37.6 Å². The minimum absolute atomic E-state index is 0.338. The molecular formula is C13H21ClN2S. The van der Waals surface area contributed by atoms with Gasteiger partial charge in [-0.3, -0.25) is 4.90 Å². The van der Waals surface area contributed by atoms with Crippen LogP contribution in [0.3, 0.4) is 0 Å². The van der Waals surface area contributed by atoms with Crippen molar-refractivity contribution in [3.8, 4) is 0 Å². The summed E-state index contributed by atoms with van der Waals surface area (Å²) in [5.74, 6) is 0.774. The first-order valence-electron chi connectivity index (χ1n) is 6.31. The number of nitrogens with zero attached hydrogens (tertiary/aromatic N) is 1. The third-order valence-electron chi connectivity index (χ3n) is 3.71. The first-order valence-corrected chi connectivity index (χ1v) is 7.57. The zero-order valence-electron chi connectivity index (χ0n) is 10.5. The smallest absolute Gasteiger partial charge is 0.0567 e. The van der Waals surface area contributed by atoms with Gasteiger partial charge in [-0.15, -0.1) is 11.3 Å². The Kier molecular flexibility index (Phi) is 4.47. The number of rotatable bonds is 3. The molecule has 2 N–H and O–H groups in total. The Hall–Kier alpha value is -0.0900. The molecule has 0 saturated carbocycles. The first kappa shape index (κ1) is 13.3. The molecule has 1 aromatic rings. The van der Waals surface area contributed by atoms with E-state index < -0.39 is 0 Å². The van der Waals surface area contributed by atoms with Crippen molar-refractivity contribution >= 4 is 22.9 Å². The van der Waals surface area contributed by atoms with E-state index in [4.69, 9.17) is 17.3 Å². The molecule has 2 heterocycles. The highest BCUT2D eigenvalue weighted by atomic mass is 35.5. The van der Waals surface area contributed by atoms with Crippen LogP contribution in [-0.4, -0.2) is 24.0 Å². The van der Waals surface area contributed by atoms with Crippen molar-refractivity contribution in [3.05, 3.63) is 21.3 Å². The van der Waals surface area contributed by atoms with Crippen molar-refractivity contribution in [1.82, 2.24) is 4.90 Å². The molecule has 1 aliphatic heterocycles. The number of hydrogen-bond donors (Lipinski definition) is 1. The molecule has 2 rings (SSSR count). The van der Waals surface area contributed by atoms with Gasteiger partial charge in [-0.05, 0) is 31.7 Å². The number of halogens is 1. The van der Waals surface area contributed by atoms with E-state index in [1.807, 2.05) is 5.38 Å². The number of nitrogens with two attached hydrogens (primary N) is 1. The number of likely N-dealkylation sites (tertiary alicyclic amines) is 1. The summed E-state index contributed by atoms with van der Waals surface area (Å²) in [6, 6.07) is 3.03. The number of hydrogen-bond acceptors (Lipinski definition) is 3. The number of piperidine rings is 1. The topological polar surface area (TPSA) is 29.3 Å². The highest BCUT2D eigenvalue weighted by Crippen LogP contribution is 2.34. The van der Waals surface area contributed by atoms with Crippen LogP contribution >= 0.6 is 22.9 Å². The van der Waals surface area contributed by atoms with Crippen molar-refractivity contribution in [1.29, 1.82) is 0 Å². The Morgan fingerprint density at radius 3 is 2.88 bits per heavy atom. The van der Waals surface area contributed by atoms with Crippen LogP contribution in [0.25, 0.3) is 0 Å². The molecule has 0 aromatic carbocycles. The molecule has 0 amide bonds. The fourth-order valence-electron chi connectivity index (χ4n) is 2.68. The van der Waals surface area contributed by atoms with Crippen LogP contribution in [-0.2, 0) is 0 Å². The van der Waals surface area contributed by atoms with Crippen molar-refractivity contribution in [2.75, 3.05) is 13.1 Å². The third-order valence-corrected chi connectivity index (χ3v) is 5.09. The Morgan fingerprint density at radius 1 is 1.53 bits per heavy atom. The Morgan fingerprint density at radius 2 is 2.29 bits per heavy atom. The Bertz CT molecular complexity index is 366. The minimum Gasteiger partial charge on any atom is -0.329 e. The second-order valence-corrected chi connectivity index (χ2v) is 6.53. The summed E-state index contributed by atoms with van der Waals surface area (Å²) in [6.45, 7) is 6.46. The summed E-state index contributed by atoms with van der Waals surface area (Å²) in [5.41, 5.74) is 5.97. The highest BCUT2D eigenvalue weighted by molar-refractivity contribution is 7.10. The molecule has 1 saturated heterocycles. The Labute approximate surface area is 113 Å². The SMILES string of the molecule is CC1CCC(C)N(C(CN)c2cc(Cl)cs2)C1. The van der Waals surface area contributed by atoms with Crippen LogP contribution in [0, 0.1) is 5.92 Å². The van der Waals surface area contributed by atoms with Crippen LogP contribution in [0.4, 0.5) is 0 Å². The van der Waals surface area contributed by atoms with Gasteiger partial charge in [-0.25, -0.2) is 0 Å². The molecule has 1 aromatic heterocycles. The molecule has 1 aliphatic rings. The van der Waals surface area contributed by atoms with E-state index in [0.29, 0.717) is 18.6 Å². The predicted octanol–water partition coefficient (Wildman–Crippen LogP) is 3.52. The largest absolute Gasteiger partial charge is 0.329 e. The van der Waals surface area contributed by atoms with Gasteiger partial charge in [0.1, 0.15) is 0 Å². The fourth-order valence-corrected chi connectivity index (χ4v) is 3.89. The van der Waals surface area contributed by atoms with E-state index in [9.17, 15) is 0 Å². The maximum Gasteiger partial charge on any atom is 0.0567 e. The summed E-state index contributed by atoms with van der Waals surface area (Å²) in [7, 11) is 0. The molecule has 4 heteroatoms. The molecular weight excluding hydrogens is 252 g/mol. The molecule has 0 radical (unpaired) electrons. The lowest BCUT2D eigenvalue weighted by atomic mass is 9.93. The number of thiophene rings is 1. The second-order valence-electron chi connectivity index (χ2n) is 5.15.